The molecular formula is C18H24N6O. The summed E-state index contributed by atoms with van der Waals surface area (Å²) in [5.74, 6) is 1.08. The van der Waals surface area contributed by atoms with E-state index >= 15 is 0 Å². The van der Waals surface area contributed by atoms with Crippen molar-refractivity contribution in [1.29, 1.82) is 0 Å². The highest BCUT2D eigenvalue weighted by Gasteiger charge is 2.37. The number of β-amino-alcohol motifs (C(OH)–C–C–N with tert-alkyl or cyclic N) is 1. The molecular weight excluding hydrogens is 316 g/mol. The lowest BCUT2D eigenvalue weighted by Gasteiger charge is -2.23. The second-order valence-corrected chi connectivity index (χ2v) is 6.95. The van der Waals surface area contributed by atoms with Crippen molar-refractivity contribution in [3.8, 4) is 0 Å². The topological polar surface area (TPSA) is 72.0 Å². The number of hydrogen-bond donors (Lipinski definition) is 1. The molecule has 1 aliphatic heterocycles. The van der Waals surface area contributed by atoms with E-state index < -0.39 is 5.60 Å². The van der Waals surface area contributed by atoms with Gasteiger partial charge in [-0.15, -0.1) is 5.10 Å². The van der Waals surface area contributed by atoms with Gasteiger partial charge in [-0.25, -0.2) is 9.67 Å². The first-order chi connectivity index (χ1) is 12.2. The van der Waals surface area contributed by atoms with Crippen LogP contribution < -0.4 is 0 Å². The molecule has 1 aromatic carbocycles. The van der Waals surface area contributed by atoms with Gasteiger partial charge in [0, 0.05) is 25.8 Å². The average Bonchev–Trinajstić information content (AvgIpc) is 3.30. The first-order valence-corrected chi connectivity index (χ1v) is 8.90. The van der Waals surface area contributed by atoms with Gasteiger partial charge in [-0.1, -0.05) is 24.3 Å². The summed E-state index contributed by atoms with van der Waals surface area (Å²) in [4.78, 5) is 7.11. The van der Waals surface area contributed by atoms with Crippen molar-refractivity contribution < 1.29 is 5.11 Å². The van der Waals surface area contributed by atoms with Crippen molar-refractivity contribution in [1.82, 2.24) is 29.4 Å². The number of likely N-dealkylation sites (tertiary alicyclic amines) is 1. The van der Waals surface area contributed by atoms with Crippen molar-refractivity contribution in [2.75, 3.05) is 13.1 Å². The van der Waals surface area contributed by atoms with E-state index in [-0.39, 0.29) is 0 Å². The number of aromatic nitrogens is 5. The molecule has 0 aliphatic carbocycles. The Balaban J connectivity index is 1.51. The number of rotatable bonds is 6. The van der Waals surface area contributed by atoms with Crippen LogP contribution in [0.1, 0.15) is 25.6 Å². The van der Waals surface area contributed by atoms with Crippen molar-refractivity contribution in [2.45, 2.75) is 45.0 Å². The van der Waals surface area contributed by atoms with Crippen LogP contribution >= 0.6 is 0 Å². The van der Waals surface area contributed by atoms with Gasteiger partial charge >= 0.3 is 0 Å². The van der Waals surface area contributed by atoms with E-state index in [0.29, 0.717) is 13.1 Å². The fraction of sp³-hybridized carbons (Fsp3) is 0.500. The fourth-order valence-corrected chi connectivity index (χ4v) is 3.74. The number of hydrogen-bond acceptors (Lipinski definition) is 5. The Labute approximate surface area is 146 Å². The lowest BCUT2D eigenvalue weighted by molar-refractivity contribution is 0.0271. The highest BCUT2D eigenvalue weighted by Crippen LogP contribution is 2.25. The monoisotopic (exact) mass is 340 g/mol. The molecule has 25 heavy (non-hydrogen) atoms. The molecule has 1 aliphatic rings. The minimum Gasteiger partial charge on any atom is -0.387 e. The third-order valence-corrected chi connectivity index (χ3v) is 4.89. The molecule has 4 rings (SSSR count). The summed E-state index contributed by atoms with van der Waals surface area (Å²) >= 11 is 0. The molecule has 7 nitrogen and oxygen atoms in total. The zero-order valence-electron chi connectivity index (χ0n) is 14.5. The molecule has 1 N–H and O–H groups in total. The zero-order valence-corrected chi connectivity index (χ0v) is 14.5. The first-order valence-electron chi connectivity index (χ1n) is 8.90. The maximum absolute atomic E-state index is 10.9. The second kappa shape index (κ2) is 6.57. The van der Waals surface area contributed by atoms with Crippen LogP contribution in [0.3, 0.4) is 0 Å². The highest BCUT2D eigenvalue weighted by molar-refractivity contribution is 5.75. The van der Waals surface area contributed by atoms with E-state index in [1.165, 1.54) is 5.52 Å². The summed E-state index contributed by atoms with van der Waals surface area (Å²) in [5.41, 5.74) is 1.48. The van der Waals surface area contributed by atoms with Gasteiger partial charge in [0.25, 0.3) is 0 Å². The van der Waals surface area contributed by atoms with E-state index in [1.54, 1.807) is 17.1 Å². The van der Waals surface area contributed by atoms with Crippen LogP contribution in [0, 0.1) is 0 Å². The molecule has 0 amide bonds. The van der Waals surface area contributed by atoms with Gasteiger partial charge in [0.2, 0.25) is 0 Å². The largest absolute Gasteiger partial charge is 0.387 e. The summed E-state index contributed by atoms with van der Waals surface area (Å²) in [7, 11) is 0. The number of aryl methyl sites for hydroxylation is 1. The molecule has 3 aromatic rings. The lowest BCUT2D eigenvalue weighted by atomic mass is 10.0. The van der Waals surface area contributed by atoms with Gasteiger partial charge in [-0.05, 0) is 25.0 Å². The Morgan fingerprint density at radius 3 is 2.96 bits per heavy atom. The Hall–Kier alpha value is -2.25. The number of para-hydroxylation sites is 2. The highest BCUT2D eigenvalue weighted by atomic mass is 16.3. The van der Waals surface area contributed by atoms with E-state index in [9.17, 15) is 5.11 Å². The van der Waals surface area contributed by atoms with Crippen LogP contribution in [0.4, 0.5) is 0 Å². The average molecular weight is 340 g/mol. The predicted octanol–water partition coefficient (Wildman–Crippen LogP) is 1.67. The lowest BCUT2D eigenvalue weighted by Crippen LogP contribution is -2.37. The summed E-state index contributed by atoms with van der Waals surface area (Å²) < 4.78 is 4.01. The zero-order chi connectivity index (χ0) is 17.3. The van der Waals surface area contributed by atoms with Crippen molar-refractivity contribution in [3.05, 3.63) is 42.5 Å². The Kier molecular flexibility index (Phi) is 4.27. The van der Waals surface area contributed by atoms with Crippen LogP contribution in [-0.4, -0.2) is 53.2 Å². The fourth-order valence-electron chi connectivity index (χ4n) is 3.74. The van der Waals surface area contributed by atoms with Gasteiger partial charge in [-0.2, -0.15) is 0 Å². The third kappa shape index (κ3) is 3.29. The van der Waals surface area contributed by atoms with Crippen LogP contribution in [0.5, 0.6) is 0 Å². The number of imidazole rings is 1. The SMILES string of the molecule is CCCn1c(CN2CCC(O)(Cn3ccnn3)C2)nc2ccccc21. The Morgan fingerprint density at radius 1 is 1.28 bits per heavy atom. The molecule has 1 unspecified atom stereocenters. The summed E-state index contributed by atoms with van der Waals surface area (Å²) in [5, 5.41) is 18.7. The van der Waals surface area contributed by atoms with Crippen molar-refractivity contribution in [3.63, 3.8) is 0 Å². The van der Waals surface area contributed by atoms with E-state index in [0.717, 1.165) is 43.8 Å². The van der Waals surface area contributed by atoms with Crippen LogP contribution in [0.2, 0.25) is 0 Å². The molecule has 1 saturated heterocycles. The molecule has 7 heteroatoms. The number of aliphatic hydroxyl groups is 1. The summed E-state index contributed by atoms with van der Waals surface area (Å²) in [6, 6.07) is 8.29. The number of fused-ring (bicyclic) bond motifs is 1. The normalized spacial score (nSPS) is 21.4. The van der Waals surface area contributed by atoms with Gasteiger partial charge in [0.15, 0.2) is 0 Å². The Morgan fingerprint density at radius 2 is 2.16 bits per heavy atom. The van der Waals surface area contributed by atoms with Crippen LogP contribution in [0.25, 0.3) is 11.0 Å². The van der Waals surface area contributed by atoms with Crippen LogP contribution in [-0.2, 0) is 19.6 Å². The number of benzene rings is 1. The second-order valence-electron chi connectivity index (χ2n) is 6.95. The molecule has 0 bridgehead atoms. The molecule has 0 spiro atoms. The summed E-state index contributed by atoms with van der Waals surface area (Å²) in [6.07, 6.45) is 5.24. The molecule has 1 atom stereocenters. The summed E-state index contributed by atoms with van der Waals surface area (Å²) in [6.45, 7) is 5.88. The molecule has 0 radical (unpaired) electrons. The molecule has 2 aromatic heterocycles. The van der Waals surface area contributed by atoms with Gasteiger partial charge < -0.3 is 9.67 Å². The maximum Gasteiger partial charge on any atom is 0.124 e. The minimum absolute atomic E-state index is 0.481. The third-order valence-electron chi connectivity index (χ3n) is 4.89. The van der Waals surface area contributed by atoms with Crippen molar-refractivity contribution >= 4 is 11.0 Å². The Bertz CT molecular complexity index is 843. The van der Waals surface area contributed by atoms with Gasteiger partial charge in [0.05, 0.1) is 35.9 Å². The van der Waals surface area contributed by atoms with Gasteiger partial charge in [0.1, 0.15) is 5.82 Å². The van der Waals surface area contributed by atoms with Crippen LogP contribution in [0.15, 0.2) is 36.7 Å². The van der Waals surface area contributed by atoms with Crippen molar-refractivity contribution in [2.24, 2.45) is 0 Å². The quantitative estimate of drug-likeness (QED) is 0.739. The predicted molar refractivity (Wildman–Crippen MR) is 94.9 cm³/mol. The molecule has 3 heterocycles. The molecule has 0 saturated carbocycles. The van der Waals surface area contributed by atoms with E-state index in [2.05, 4.69) is 44.9 Å². The molecule has 1 fully saturated rings. The molecule has 132 valence electrons. The van der Waals surface area contributed by atoms with E-state index in [4.69, 9.17) is 4.98 Å². The smallest absolute Gasteiger partial charge is 0.124 e. The number of nitrogens with zero attached hydrogens (tertiary/aromatic N) is 6. The first kappa shape index (κ1) is 16.2. The minimum atomic E-state index is -0.755. The maximum atomic E-state index is 10.9. The van der Waals surface area contributed by atoms with Gasteiger partial charge in [-0.3, -0.25) is 4.90 Å². The standard InChI is InChI=1S/C18H24N6O/c1-2-9-24-16-6-4-3-5-15(16)20-17(24)12-22-10-7-18(25,13-22)14-23-11-8-19-21-23/h3-6,8,11,25H,2,7,9-10,12-14H2,1H3. The van der Waals surface area contributed by atoms with E-state index in [1.807, 2.05) is 6.07 Å².